The molecule has 0 aliphatic rings. The Morgan fingerprint density at radius 1 is 1.12 bits per heavy atom. The highest BCUT2D eigenvalue weighted by Gasteiger charge is 2.07. The number of hydrogen-bond donors (Lipinski definition) is 2. The summed E-state index contributed by atoms with van der Waals surface area (Å²) in [4.78, 5) is 11.9. The highest BCUT2D eigenvalue weighted by molar-refractivity contribution is 9.10. The van der Waals surface area contributed by atoms with Crippen LogP contribution in [0.3, 0.4) is 0 Å². The van der Waals surface area contributed by atoms with Crippen molar-refractivity contribution in [3.05, 3.63) is 76.3 Å². The number of nitrogens with zero attached hydrogens (tertiary/aromatic N) is 1. The van der Waals surface area contributed by atoms with Crippen LogP contribution < -0.4 is 5.43 Å². The van der Waals surface area contributed by atoms with Gasteiger partial charge in [-0.2, -0.15) is 5.10 Å². The summed E-state index contributed by atoms with van der Waals surface area (Å²) in [5.41, 5.74) is 3.95. The van der Waals surface area contributed by atoms with Gasteiger partial charge in [0, 0.05) is 21.8 Å². The molecule has 0 unspecified atom stereocenters. The highest BCUT2D eigenvalue weighted by Crippen LogP contribution is 2.30. The van der Waals surface area contributed by atoms with Gasteiger partial charge in [0.05, 0.1) is 0 Å². The summed E-state index contributed by atoms with van der Waals surface area (Å²) in [6, 6.07) is 18.5. The second-order valence-electron chi connectivity index (χ2n) is 5.59. The van der Waals surface area contributed by atoms with Crippen molar-refractivity contribution in [1.29, 1.82) is 0 Å². The first-order valence-electron chi connectivity index (χ1n) is 7.92. The molecule has 0 fully saturated rings. The third-order valence-electron chi connectivity index (χ3n) is 3.89. The molecular formula is C20H17BrN2O2. The van der Waals surface area contributed by atoms with Crippen LogP contribution >= 0.6 is 15.9 Å². The zero-order chi connectivity index (χ0) is 17.6. The molecule has 25 heavy (non-hydrogen) atoms. The highest BCUT2D eigenvalue weighted by atomic mass is 79.9. The van der Waals surface area contributed by atoms with Gasteiger partial charge < -0.3 is 5.11 Å². The smallest absolute Gasteiger partial charge is 0.271 e. The Labute approximate surface area is 154 Å². The van der Waals surface area contributed by atoms with E-state index in [1.807, 2.05) is 30.3 Å². The Morgan fingerprint density at radius 2 is 1.92 bits per heavy atom. The molecule has 3 rings (SSSR count). The van der Waals surface area contributed by atoms with Crippen molar-refractivity contribution in [1.82, 2.24) is 5.43 Å². The fourth-order valence-corrected chi connectivity index (χ4v) is 3.03. The number of fused-ring (bicyclic) bond motifs is 1. The van der Waals surface area contributed by atoms with Crippen molar-refractivity contribution in [2.75, 3.05) is 0 Å². The Hall–Kier alpha value is -2.66. The van der Waals surface area contributed by atoms with Crippen molar-refractivity contribution in [2.45, 2.75) is 12.8 Å². The van der Waals surface area contributed by atoms with Crippen molar-refractivity contribution in [3.8, 4) is 5.75 Å². The van der Waals surface area contributed by atoms with Crippen LogP contribution in [0.2, 0.25) is 0 Å². The van der Waals surface area contributed by atoms with E-state index in [1.54, 1.807) is 36.5 Å². The SMILES string of the molecule is O=C(N/N=C/CCc1c(O)ccc2cc(Br)ccc12)c1ccccc1. The van der Waals surface area contributed by atoms with Crippen LogP contribution in [0, 0.1) is 0 Å². The number of aromatic hydroxyl groups is 1. The van der Waals surface area contributed by atoms with Gasteiger partial charge in [-0.15, -0.1) is 0 Å². The van der Waals surface area contributed by atoms with E-state index in [2.05, 4.69) is 26.5 Å². The van der Waals surface area contributed by atoms with E-state index in [-0.39, 0.29) is 11.7 Å². The Kier molecular flexibility index (Phi) is 5.46. The summed E-state index contributed by atoms with van der Waals surface area (Å²) in [6.07, 6.45) is 2.89. The van der Waals surface area contributed by atoms with Crippen LogP contribution in [0.5, 0.6) is 5.75 Å². The lowest BCUT2D eigenvalue weighted by atomic mass is 10.00. The Balaban J connectivity index is 1.63. The normalized spacial score (nSPS) is 11.1. The zero-order valence-electron chi connectivity index (χ0n) is 13.4. The first-order valence-corrected chi connectivity index (χ1v) is 8.71. The van der Waals surface area contributed by atoms with Gasteiger partial charge >= 0.3 is 0 Å². The number of phenolic OH excluding ortho intramolecular Hbond substituents is 1. The average Bonchev–Trinajstić information content (AvgIpc) is 2.63. The van der Waals surface area contributed by atoms with Gasteiger partial charge in [0.15, 0.2) is 0 Å². The van der Waals surface area contributed by atoms with E-state index in [0.717, 1.165) is 20.8 Å². The van der Waals surface area contributed by atoms with E-state index in [4.69, 9.17) is 0 Å². The van der Waals surface area contributed by atoms with Gasteiger partial charge in [0.25, 0.3) is 5.91 Å². The minimum absolute atomic E-state index is 0.241. The Morgan fingerprint density at radius 3 is 2.72 bits per heavy atom. The predicted molar refractivity (Wildman–Crippen MR) is 104 cm³/mol. The molecule has 0 aliphatic carbocycles. The average molecular weight is 397 g/mol. The van der Waals surface area contributed by atoms with Crippen LogP contribution in [-0.2, 0) is 6.42 Å². The molecule has 3 aromatic carbocycles. The summed E-state index contributed by atoms with van der Waals surface area (Å²) < 4.78 is 1.00. The molecule has 0 saturated heterocycles. The number of carbonyl (C=O) groups is 1. The number of amides is 1. The predicted octanol–water partition coefficient (Wildman–Crippen LogP) is 4.66. The minimum atomic E-state index is -0.241. The standard InChI is InChI=1S/C20H17BrN2O2/c21-16-9-10-17-15(13-16)8-11-19(24)18(17)7-4-12-22-23-20(25)14-5-2-1-3-6-14/h1-3,5-6,8-13,24H,4,7H2,(H,23,25)/b22-12+. The molecule has 5 heteroatoms. The molecule has 0 aliphatic heterocycles. The van der Waals surface area contributed by atoms with E-state index in [0.29, 0.717) is 18.4 Å². The monoisotopic (exact) mass is 396 g/mol. The number of hydrazone groups is 1. The molecule has 2 N–H and O–H groups in total. The molecule has 0 radical (unpaired) electrons. The maximum absolute atomic E-state index is 11.9. The molecule has 0 bridgehead atoms. The zero-order valence-corrected chi connectivity index (χ0v) is 15.0. The van der Waals surface area contributed by atoms with Crippen molar-refractivity contribution < 1.29 is 9.90 Å². The maximum atomic E-state index is 11.9. The molecule has 0 atom stereocenters. The first kappa shape index (κ1) is 17.2. The Bertz CT molecular complexity index is 924. The first-order chi connectivity index (χ1) is 12.1. The van der Waals surface area contributed by atoms with Gasteiger partial charge in [-0.25, -0.2) is 5.43 Å². The molecule has 126 valence electrons. The summed E-state index contributed by atoms with van der Waals surface area (Å²) in [7, 11) is 0. The number of hydrogen-bond acceptors (Lipinski definition) is 3. The number of phenols is 1. The minimum Gasteiger partial charge on any atom is -0.508 e. The van der Waals surface area contributed by atoms with Crippen molar-refractivity contribution in [2.24, 2.45) is 5.10 Å². The summed E-state index contributed by atoms with van der Waals surface area (Å²) in [5.74, 6) is 0.0336. The third-order valence-corrected chi connectivity index (χ3v) is 4.38. The van der Waals surface area contributed by atoms with E-state index in [9.17, 15) is 9.90 Å². The topological polar surface area (TPSA) is 61.7 Å². The fourth-order valence-electron chi connectivity index (χ4n) is 2.65. The van der Waals surface area contributed by atoms with Gasteiger partial charge in [-0.05, 0) is 53.9 Å². The second-order valence-corrected chi connectivity index (χ2v) is 6.50. The molecule has 1 amide bonds. The quantitative estimate of drug-likeness (QED) is 0.486. The lowest BCUT2D eigenvalue weighted by Gasteiger charge is -2.08. The van der Waals surface area contributed by atoms with Gasteiger partial charge in [0.2, 0.25) is 0 Å². The molecule has 4 nitrogen and oxygen atoms in total. The molecular weight excluding hydrogens is 380 g/mol. The van der Waals surface area contributed by atoms with Crippen LogP contribution in [0.4, 0.5) is 0 Å². The largest absolute Gasteiger partial charge is 0.508 e. The molecule has 3 aromatic rings. The maximum Gasteiger partial charge on any atom is 0.271 e. The molecule has 0 heterocycles. The number of rotatable bonds is 5. The molecule has 0 aromatic heterocycles. The number of aryl methyl sites for hydroxylation is 1. The number of nitrogens with one attached hydrogen (secondary N) is 1. The fraction of sp³-hybridized carbons (Fsp3) is 0.100. The number of carbonyl (C=O) groups excluding carboxylic acids is 1. The van der Waals surface area contributed by atoms with Gasteiger partial charge in [-0.3, -0.25) is 4.79 Å². The molecule has 0 saturated carbocycles. The summed E-state index contributed by atoms with van der Waals surface area (Å²) in [5, 5.41) is 16.2. The van der Waals surface area contributed by atoms with E-state index < -0.39 is 0 Å². The van der Waals surface area contributed by atoms with Crippen molar-refractivity contribution in [3.63, 3.8) is 0 Å². The summed E-state index contributed by atoms with van der Waals surface area (Å²) in [6.45, 7) is 0. The lowest BCUT2D eigenvalue weighted by Crippen LogP contribution is -2.17. The van der Waals surface area contributed by atoms with Crippen LogP contribution in [0.15, 0.2) is 70.2 Å². The van der Waals surface area contributed by atoms with E-state index >= 15 is 0 Å². The number of benzene rings is 3. The molecule has 0 spiro atoms. The van der Waals surface area contributed by atoms with Gasteiger partial charge in [0.1, 0.15) is 5.75 Å². The van der Waals surface area contributed by atoms with Crippen LogP contribution in [-0.4, -0.2) is 17.2 Å². The van der Waals surface area contributed by atoms with E-state index in [1.165, 1.54) is 0 Å². The van der Waals surface area contributed by atoms with Crippen molar-refractivity contribution >= 4 is 38.8 Å². The van der Waals surface area contributed by atoms with Gasteiger partial charge in [-0.1, -0.05) is 46.3 Å². The number of halogens is 1. The summed E-state index contributed by atoms with van der Waals surface area (Å²) >= 11 is 3.46. The van der Waals surface area contributed by atoms with Crippen LogP contribution in [0.25, 0.3) is 10.8 Å². The third kappa shape index (κ3) is 4.25. The van der Waals surface area contributed by atoms with Crippen LogP contribution in [0.1, 0.15) is 22.3 Å². The second kappa shape index (κ2) is 7.94. The lowest BCUT2D eigenvalue weighted by molar-refractivity contribution is 0.0955.